The third-order valence-electron chi connectivity index (χ3n) is 4.85. The van der Waals surface area contributed by atoms with E-state index in [9.17, 15) is 14.7 Å². The van der Waals surface area contributed by atoms with Crippen LogP contribution in [-0.2, 0) is 20.7 Å². The van der Waals surface area contributed by atoms with E-state index in [1.807, 2.05) is 30.3 Å². The first-order valence-corrected chi connectivity index (χ1v) is 7.62. The normalized spacial score (nSPS) is 32.1. The Morgan fingerprint density at radius 3 is 2.64 bits per heavy atom. The Morgan fingerprint density at radius 2 is 1.86 bits per heavy atom. The summed E-state index contributed by atoms with van der Waals surface area (Å²) in [6.07, 6.45) is 4.55. The lowest BCUT2D eigenvalue weighted by molar-refractivity contribution is -0.146. The summed E-state index contributed by atoms with van der Waals surface area (Å²) in [5, 5.41) is 9.46. The lowest BCUT2D eigenvalue weighted by atomic mass is 9.81. The highest BCUT2D eigenvalue weighted by atomic mass is 16.5. The Balaban J connectivity index is 1.68. The SMILES string of the molecule is O=C(O)[C@@H]1[C@@H](C(=O)N2CCCc3ccccc32)[C@H]2C=C[C@@H]1O2. The third kappa shape index (κ3) is 1.89. The lowest BCUT2D eigenvalue weighted by Crippen LogP contribution is -2.46. The molecule has 1 saturated heterocycles. The van der Waals surface area contributed by atoms with Gasteiger partial charge in [0.2, 0.25) is 5.91 Å². The van der Waals surface area contributed by atoms with Crippen LogP contribution in [0.25, 0.3) is 0 Å². The number of hydrogen-bond acceptors (Lipinski definition) is 3. The van der Waals surface area contributed by atoms with Crippen molar-refractivity contribution in [2.24, 2.45) is 11.8 Å². The van der Waals surface area contributed by atoms with Crippen molar-refractivity contribution in [2.45, 2.75) is 25.0 Å². The monoisotopic (exact) mass is 299 g/mol. The van der Waals surface area contributed by atoms with Crippen molar-refractivity contribution >= 4 is 17.6 Å². The molecule has 0 unspecified atom stereocenters. The molecular weight excluding hydrogens is 282 g/mol. The number of carbonyl (C=O) groups excluding carboxylic acids is 1. The number of carbonyl (C=O) groups is 2. The highest BCUT2D eigenvalue weighted by Crippen LogP contribution is 2.41. The van der Waals surface area contributed by atoms with Crippen molar-refractivity contribution < 1.29 is 19.4 Å². The van der Waals surface area contributed by atoms with Crippen LogP contribution >= 0.6 is 0 Å². The number of anilines is 1. The number of rotatable bonds is 2. The summed E-state index contributed by atoms with van der Waals surface area (Å²) in [6, 6.07) is 7.85. The Hall–Kier alpha value is -2.14. The number of aryl methyl sites for hydroxylation is 1. The van der Waals surface area contributed by atoms with Crippen LogP contribution in [0.2, 0.25) is 0 Å². The van der Waals surface area contributed by atoms with Gasteiger partial charge in [-0.1, -0.05) is 30.4 Å². The number of nitrogens with zero attached hydrogens (tertiary/aromatic N) is 1. The molecule has 22 heavy (non-hydrogen) atoms. The summed E-state index contributed by atoms with van der Waals surface area (Å²) < 4.78 is 5.62. The first-order chi connectivity index (χ1) is 10.7. The number of carboxylic acids is 1. The Morgan fingerprint density at radius 1 is 1.14 bits per heavy atom. The molecule has 4 atom stereocenters. The Labute approximate surface area is 128 Å². The van der Waals surface area contributed by atoms with Gasteiger partial charge in [-0.05, 0) is 24.5 Å². The first-order valence-electron chi connectivity index (χ1n) is 7.62. The van der Waals surface area contributed by atoms with Crippen LogP contribution in [0.1, 0.15) is 12.0 Å². The summed E-state index contributed by atoms with van der Waals surface area (Å²) in [5.41, 5.74) is 2.06. The number of ether oxygens (including phenoxy) is 1. The molecule has 3 aliphatic heterocycles. The summed E-state index contributed by atoms with van der Waals surface area (Å²) >= 11 is 0. The van der Waals surface area contributed by atoms with Crippen molar-refractivity contribution in [3.05, 3.63) is 42.0 Å². The van der Waals surface area contributed by atoms with Gasteiger partial charge in [0.25, 0.3) is 0 Å². The maximum Gasteiger partial charge on any atom is 0.310 e. The Kier molecular flexibility index (Phi) is 3.04. The molecular formula is C17H17NO4. The minimum Gasteiger partial charge on any atom is -0.481 e. The largest absolute Gasteiger partial charge is 0.481 e. The van der Waals surface area contributed by atoms with Gasteiger partial charge in [0.1, 0.15) is 5.92 Å². The van der Waals surface area contributed by atoms with Crippen LogP contribution in [0.3, 0.4) is 0 Å². The number of para-hydroxylation sites is 1. The fourth-order valence-electron chi connectivity index (χ4n) is 3.84. The van der Waals surface area contributed by atoms with Gasteiger partial charge in [0, 0.05) is 12.2 Å². The molecule has 1 aromatic rings. The van der Waals surface area contributed by atoms with E-state index >= 15 is 0 Å². The van der Waals surface area contributed by atoms with Gasteiger partial charge in [0.15, 0.2) is 0 Å². The van der Waals surface area contributed by atoms with Crippen molar-refractivity contribution in [3.63, 3.8) is 0 Å². The predicted molar refractivity (Wildman–Crippen MR) is 79.5 cm³/mol. The fraction of sp³-hybridized carbons (Fsp3) is 0.412. The molecule has 1 aromatic carbocycles. The first kappa shape index (κ1) is 13.5. The summed E-state index contributed by atoms with van der Waals surface area (Å²) in [5.74, 6) is -2.49. The zero-order valence-corrected chi connectivity index (χ0v) is 12.0. The average molecular weight is 299 g/mol. The molecule has 114 valence electrons. The maximum absolute atomic E-state index is 13.0. The average Bonchev–Trinajstić information content (AvgIpc) is 3.14. The number of carboxylic acid groups (broad SMARTS) is 1. The number of fused-ring (bicyclic) bond motifs is 3. The van der Waals surface area contributed by atoms with E-state index in [0.717, 1.165) is 24.1 Å². The van der Waals surface area contributed by atoms with Gasteiger partial charge in [-0.3, -0.25) is 9.59 Å². The second kappa shape index (κ2) is 4.95. The lowest BCUT2D eigenvalue weighted by Gasteiger charge is -2.33. The van der Waals surface area contributed by atoms with Crippen LogP contribution in [-0.4, -0.2) is 35.7 Å². The number of benzene rings is 1. The number of amides is 1. The van der Waals surface area contributed by atoms with Gasteiger partial charge < -0.3 is 14.7 Å². The maximum atomic E-state index is 13.0. The predicted octanol–water partition coefficient (Wildman–Crippen LogP) is 1.62. The molecule has 4 rings (SSSR count). The number of hydrogen-bond donors (Lipinski definition) is 1. The summed E-state index contributed by atoms with van der Waals surface area (Å²) in [4.78, 5) is 26.3. The number of aliphatic carboxylic acids is 1. The fourth-order valence-corrected chi connectivity index (χ4v) is 3.84. The van der Waals surface area contributed by atoms with Gasteiger partial charge in [-0.25, -0.2) is 0 Å². The van der Waals surface area contributed by atoms with Gasteiger partial charge in [0.05, 0.1) is 18.1 Å². The molecule has 3 heterocycles. The third-order valence-corrected chi connectivity index (χ3v) is 4.85. The van der Waals surface area contributed by atoms with E-state index in [0.29, 0.717) is 6.54 Å². The van der Waals surface area contributed by atoms with E-state index in [1.165, 1.54) is 0 Å². The highest BCUT2D eigenvalue weighted by molar-refractivity contribution is 5.99. The zero-order valence-electron chi connectivity index (χ0n) is 12.0. The topological polar surface area (TPSA) is 66.8 Å². The summed E-state index contributed by atoms with van der Waals surface area (Å²) in [6.45, 7) is 0.639. The van der Waals surface area contributed by atoms with E-state index in [1.54, 1.807) is 11.0 Å². The van der Waals surface area contributed by atoms with E-state index in [4.69, 9.17) is 4.74 Å². The molecule has 5 nitrogen and oxygen atoms in total. The standard InChI is InChI=1S/C17H17NO4/c19-16(14-12-7-8-13(22-12)15(14)17(20)21)18-9-3-5-10-4-1-2-6-11(10)18/h1-2,4,6-8,12-15H,3,5,9H2,(H,20,21)/t12-,13+,14+,15+/m1/s1. The van der Waals surface area contributed by atoms with Crippen LogP contribution in [0.4, 0.5) is 5.69 Å². The van der Waals surface area contributed by atoms with Gasteiger partial charge >= 0.3 is 5.97 Å². The quantitative estimate of drug-likeness (QED) is 0.843. The highest BCUT2D eigenvalue weighted by Gasteiger charge is 2.54. The molecule has 2 bridgehead atoms. The van der Waals surface area contributed by atoms with E-state index < -0.39 is 30.0 Å². The molecule has 0 saturated carbocycles. The van der Waals surface area contributed by atoms with Crippen LogP contribution in [0, 0.1) is 11.8 Å². The van der Waals surface area contributed by atoms with Gasteiger partial charge in [-0.15, -0.1) is 0 Å². The van der Waals surface area contributed by atoms with Crippen molar-refractivity contribution in [2.75, 3.05) is 11.4 Å². The van der Waals surface area contributed by atoms with Crippen LogP contribution in [0.5, 0.6) is 0 Å². The zero-order chi connectivity index (χ0) is 15.3. The van der Waals surface area contributed by atoms with E-state index in [-0.39, 0.29) is 5.91 Å². The smallest absolute Gasteiger partial charge is 0.310 e. The van der Waals surface area contributed by atoms with Crippen LogP contribution < -0.4 is 4.90 Å². The minimum absolute atomic E-state index is 0.128. The second-order valence-electron chi connectivity index (χ2n) is 6.06. The van der Waals surface area contributed by atoms with Crippen molar-refractivity contribution in [1.82, 2.24) is 0 Å². The van der Waals surface area contributed by atoms with Gasteiger partial charge in [-0.2, -0.15) is 0 Å². The molecule has 0 spiro atoms. The van der Waals surface area contributed by atoms with Crippen molar-refractivity contribution in [1.29, 1.82) is 0 Å². The van der Waals surface area contributed by atoms with Crippen molar-refractivity contribution in [3.8, 4) is 0 Å². The second-order valence-corrected chi connectivity index (χ2v) is 6.06. The Bertz CT molecular complexity index is 668. The molecule has 0 aliphatic carbocycles. The van der Waals surface area contributed by atoms with E-state index in [2.05, 4.69) is 0 Å². The molecule has 1 N–H and O–H groups in total. The molecule has 1 fully saturated rings. The minimum atomic E-state index is -0.958. The summed E-state index contributed by atoms with van der Waals surface area (Å²) in [7, 11) is 0. The molecule has 0 radical (unpaired) electrons. The van der Waals surface area contributed by atoms with Crippen LogP contribution in [0.15, 0.2) is 36.4 Å². The molecule has 1 amide bonds. The molecule has 0 aromatic heterocycles. The molecule has 3 aliphatic rings. The molecule has 5 heteroatoms.